The van der Waals surface area contributed by atoms with Gasteiger partial charge in [-0.1, -0.05) is 54.6 Å². The molecule has 0 spiro atoms. The van der Waals surface area contributed by atoms with Gasteiger partial charge in [0.05, 0.1) is 19.8 Å². The molecule has 26 heavy (non-hydrogen) atoms. The Labute approximate surface area is 154 Å². The zero-order valence-corrected chi connectivity index (χ0v) is 14.8. The molecule has 0 unspecified atom stereocenters. The molecular formula is C22H24O4. The maximum Gasteiger partial charge on any atom is 0.330 e. The number of benzene rings is 2. The highest BCUT2D eigenvalue weighted by molar-refractivity contribution is 5.87. The second kappa shape index (κ2) is 9.90. The summed E-state index contributed by atoms with van der Waals surface area (Å²) in [6.45, 7) is 1.77. The van der Waals surface area contributed by atoms with Crippen LogP contribution in [0, 0.1) is 0 Å². The van der Waals surface area contributed by atoms with Gasteiger partial charge in [0.25, 0.3) is 0 Å². The number of carbonyl (C=O) groups excluding carboxylic acids is 1. The summed E-state index contributed by atoms with van der Waals surface area (Å²) in [5, 5.41) is 0. The van der Waals surface area contributed by atoms with E-state index >= 15 is 0 Å². The minimum atomic E-state index is -0.314. The molecule has 1 aliphatic heterocycles. The molecule has 0 N–H and O–H groups in total. The number of esters is 1. The van der Waals surface area contributed by atoms with Gasteiger partial charge in [-0.25, -0.2) is 4.79 Å². The summed E-state index contributed by atoms with van der Waals surface area (Å²) in [6.07, 6.45) is 5.75. The number of hydrogen-bond acceptors (Lipinski definition) is 4. The monoisotopic (exact) mass is 352 g/mol. The Hall–Kier alpha value is -2.43. The van der Waals surface area contributed by atoms with Crippen molar-refractivity contribution in [3.05, 3.63) is 66.2 Å². The minimum Gasteiger partial charge on any atom is -0.463 e. The highest BCUT2D eigenvalue weighted by atomic mass is 16.7. The van der Waals surface area contributed by atoms with Gasteiger partial charge in [0, 0.05) is 6.08 Å². The summed E-state index contributed by atoms with van der Waals surface area (Å²) in [5.74, 6) is -0.314. The maximum atomic E-state index is 11.8. The standard InChI is InChI=1S/C22H24O4/c23-21(24-15-5-4-8-22-25-16-17-26-22)14-11-18-9-12-20(13-10-18)19-6-2-1-3-7-19/h1-3,6-7,9-14,22H,4-5,8,15-17H2/b14-11+. The van der Waals surface area contributed by atoms with E-state index in [1.807, 2.05) is 42.5 Å². The first kappa shape index (κ1) is 18.4. The van der Waals surface area contributed by atoms with Gasteiger partial charge in [0.15, 0.2) is 6.29 Å². The molecule has 0 saturated carbocycles. The Morgan fingerprint density at radius 2 is 1.65 bits per heavy atom. The second-order valence-electron chi connectivity index (χ2n) is 6.16. The Morgan fingerprint density at radius 3 is 2.38 bits per heavy atom. The maximum absolute atomic E-state index is 11.8. The van der Waals surface area contributed by atoms with Crippen LogP contribution >= 0.6 is 0 Å². The molecule has 0 aliphatic carbocycles. The van der Waals surface area contributed by atoms with Crippen molar-refractivity contribution >= 4 is 12.0 Å². The minimum absolute atomic E-state index is 0.0792. The zero-order valence-electron chi connectivity index (χ0n) is 14.8. The first-order valence-electron chi connectivity index (χ1n) is 9.05. The summed E-state index contributed by atoms with van der Waals surface area (Å²) >= 11 is 0. The molecule has 1 fully saturated rings. The van der Waals surface area contributed by atoms with Crippen LogP contribution in [0.5, 0.6) is 0 Å². The fraction of sp³-hybridized carbons (Fsp3) is 0.318. The van der Waals surface area contributed by atoms with Gasteiger partial charge in [-0.15, -0.1) is 0 Å². The first-order valence-corrected chi connectivity index (χ1v) is 9.05. The van der Waals surface area contributed by atoms with Crippen molar-refractivity contribution in [1.29, 1.82) is 0 Å². The van der Waals surface area contributed by atoms with E-state index in [1.54, 1.807) is 6.08 Å². The number of hydrogen-bond donors (Lipinski definition) is 0. The molecule has 1 saturated heterocycles. The Kier molecular flexibility index (Phi) is 6.99. The van der Waals surface area contributed by atoms with Crippen molar-refractivity contribution in [1.82, 2.24) is 0 Å². The molecule has 1 heterocycles. The van der Waals surface area contributed by atoms with Crippen LogP contribution in [0.25, 0.3) is 17.2 Å². The summed E-state index contributed by atoms with van der Waals surface area (Å²) in [4.78, 5) is 11.8. The molecule has 4 nitrogen and oxygen atoms in total. The van der Waals surface area contributed by atoms with E-state index in [-0.39, 0.29) is 12.3 Å². The molecule has 4 heteroatoms. The molecule has 0 atom stereocenters. The van der Waals surface area contributed by atoms with Crippen molar-refractivity contribution in [2.24, 2.45) is 0 Å². The van der Waals surface area contributed by atoms with Crippen LogP contribution in [0.1, 0.15) is 24.8 Å². The highest BCUT2D eigenvalue weighted by Gasteiger charge is 2.14. The van der Waals surface area contributed by atoms with Gasteiger partial charge >= 0.3 is 5.97 Å². The Bertz CT molecular complexity index is 701. The Balaban J connectivity index is 1.37. The van der Waals surface area contributed by atoms with Crippen LogP contribution < -0.4 is 0 Å². The fourth-order valence-corrected chi connectivity index (χ4v) is 2.79. The van der Waals surface area contributed by atoms with Crippen molar-refractivity contribution in [2.45, 2.75) is 25.6 Å². The van der Waals surface area contributed by atoms with Gasteiger partial charge in [-0.2, -0.15) is 0 Å². The highest BCUT2D eigenvalue weighted by Crippen LogP contribution is 2.19. The topological polar surface area (TPSA) is 44.8 Å². The molecule has 0 bridgehead atoms. The average Bonchev–Trinajstić information content (AvgIpc) is 3.21. The van der Waals surface area contributed by atoms with Crippen LogP contribution in [0.2, 0.25) is 0 Å². The van der Waals surface area contributed by atoms with Gasteiger partial charge < -0.3 is 14.2 Å². The lowest BCUT2D eigenvalue weighted by Crippen LogP contribution is -2.08. The summed E-state index contributed by atoms with van der Waals surface area (Å²) in [7, 11) is 0. The summed E-state index contributed by atoms with van der Waals surface area (Å²) in [6, 6.07) is 18.3. The van der Waals surface area contributed by atoms with E-state index in [4.69, 9.17) is 14.2 Å². The normalized spacial score (nSPS) is 14.8. The molecule has 136 valence electrons. The number of carbonyl (C=O) groups is 1. The van der Waals surface area contributed by atoms with E-state index < -0.39 is 0 Å². The first-order chi connectivity index (χ1) is 12.8. The second-order valence-corrected chi connectivity index (χ2v) is 6.16. The van der Waals surface area contributed by atoms with Crippen LogP contribution in [0.4, 0.5) is 0 Å². The predicted molar refractivity (Wildman–Crippen MR) is 101 cm³/mol. The van der Waals surface area contributed by atoms with E-state index in [0.717, 1.165) is 30.4 Å². The third-order valence-electron chi connectivity index (χ3n) is 4.20. The molecule has 2 aromatic carbocycles. The zero-order chi connectivity index (χ0) is 18.0. The quantitative estimate of drug-likeness (QED) is 0.400. The average molecular weight is 352 g/mol. The van der Waals surface area contributed by atoms with Crippen LogP contribution in [-0.4, -0.2) is 32.1 Å². The van der Waals surface area contributed by atoms with E-state index in [9.17, 15) is 4.79 Å². The van der Waals surface area contributed by atoms with Crippen molar-refractivity contribution in [3.63, 3.8) is 0 Å². The molecule has 2 aromatic rings. The van der Waals surface area contributed by atoms with Gasteiger partial charge in [-0.05, 0) is 42.0 Å². The SMILES string of the molecule is O=C(/C=C/c1ccc(-c2ccccc2)cc1)OCCCCC1OCCO1. The van der Waals surface area contributed by atoms with Crippen molar-refractivity contribution < 1.29 is 19.0 Å². The lowest BCUT2D eigenvalue weighted by Gasteiger charge is -2.08. The van der Waals surface area contributed by atoms with Crippen LogP contribution in [0.15, 0.2) is 60.7 Å². The smallest absolute Gasteiger partial charge is 0.330 e. The van der Waals surface area contributed by atoms with Crippen LogP contribution in [0.3, 0.4) is 0 Å². The predicted octanol–water partition coefficient (Wildman–Crippen LogP) is 4.45. The van der Waals surface area contributed by atoms with Gasteiger partial charge in [-0.3, -0.25) is 0 Å². The molecular weight excluding hydrogens is 328 g/mol. The van der Waals surface area contributed by atoms with Gasteiger partial charge in [0.2, 0.25) is 0 Å². The fourth-order valence-electron chi connectivity index (χ4n) is 2.79. The van der Waals surface area contributed by atoms with Crippen molar-refractivity contribution in [3.8, 4) is 11.1 Å². The third-order valence-corrected chi connectivity index (χ3v) is 4.20. The number of unbranched alkanes of at least 4 members (excludes halogenated alkanes) is 1. The number of ether oxygens (including phenoxy) is 3. The molecule has 3 rings (SSSR count). The van der Waals surface area contributed by atoms with Crippen molar-refractivity contribution in [2.75, 3.05) is 19.8 Å². The Morgan fingerprint density at radius 1 is 0.962 bits per heavy atom. The van der Waals surface area contributed by atoms with E-state index in [2.05, 4.69) is 12.1 Å². The largest absolute Gasteiger partial charge is 0.463 e. The lowest BCUT2D eigenvalue weighted by molar-refractivity contribution is -0.137. The van der Waals surface area contributed by atoms with E-state index in [0.29, 0.717) is 19.8 Å². The molecule has 0 aromatic heterocycles. The molecule has 0 amide bonds. The summed E-state index contributed by atoms with van der Waals surface area (Å²) < 4.78 is 15.9. The molecule has 1 aliphatic rings. The third kappa shape index (κ3) is 5.83. The number of rotatable bonds is 8. The molecule has 0 radical (unpaired) electrons. The lowest BCUT2D eigenvalue weighted by atomic mass is 10.0. The van der Waals surface area contributed by atoms with Gasteiger partial charge in [0.1, 0.15) is 0 Å². The van der Waals surface area contributed by atoms with Crippen LogP contribution in [-0.2, 0) is 19.0 Å². The summed E-state index contributed by atoms with van der Waals surface area (Å²) in [5.41, 5.74) is 3.30. The van der Waals surface area contributed by atoms with E-state index in [1.165, 1.54) is 11.6 Å².